The van der Waals surface area contributed by atoms with Crippen LogP contribution in [-0.2, 0) is 19.9 Å². The van der Waals surface area contributed by atoms with E-state index in [1.54, 1.807) is 12.1 Å². The highest BCUT2D eigenvalue weighted by Crippen LogP contribution is 2.72. The molecular weight excluding hydrogens is 439 g/mol. The molecule has 11 heteroatoms. The Morgan fingerprint density at radius 3 is 2.52 bits per heavy atom. The zero-order chi connectivity index (χ0) is 22.4. The van der Waals surface area contributed by atoms with Crippen LogP contribution in [0.25, 0.3) is 0 Å². The van der Waals surface area contributed by atoms with E-state index in [0.717, 1.165) is 19.2 Å². The van der Waals surface area contributed by atoms with Crippen molar-refractivity contribution in [1.82, 2.24) is 0 Å². The molecule has 0 amide bonds. The van der Waals surface area contributed by atoms with Gasteiger partial charge in [0.25, 0.3) is 5.60 Å². The second-order valence-electron chi connectivity index (χ2n) is 7.50. The number of nitrogens with zero attached hydrogens (tertiary/aromatic N) is 1. The number of carbonyl (C=O) groups is 1. The van der Waals surface area contributed by atoms with E-state index in [0.29, 0.717) is 11.5 Å². The Kier molecular flexibility index (Phi) is 5.29. The molecular formula is C20H18F3NO6S. The molecule has 31 heavy (non-hydrogen) atoms. The van der Waals surface area contributed by atoms with Crippen molar-refractivity contribution in [1.29, 1.82) is 0 Å². The predicted octanol–water partition coefficient (Wildman–Crippen LogP) is 3.98. The number of thioether (sulfide) groups is 1. The molecule has 1 aliphatic heterocycles. The van der Waals surface area contributed by atoms with E-state index in [2.05, 4.69) is 0 Å². The van der Waals surface area contributed by atoms with E-state index in [1.165, 1.54) is 36.2 Å². The van der Waals surface area contributed by atoms with Crippen molar-refractivity contribution in [3.8, 4) is 0 Å². The topological polar surface area (TPSA) is 91.8 Å². The maximum atomic E-state index is 14.1. The van der Waals surface area contributed by atoms with Gasteiger partial charge in [0.05, 0.1) is 17.4 Å². The number of hydrogen-bond donors (Lipinski definition) is 0. The zero-order valence-electron chi connectivity index (χ0n) is 16.2. The van der Waals surface area contributed by atoms with Gasteiger partial charge in [-0.15, -0.1) is 11.8 Å². The summed E-state index contributed by atoms with van der Waals surface area (Å²) in [6.45, 7) is -0.547. The van der Waals surface area contributed by atoms with Gasteiger partial charge >= 0.3 is 12.1 Å². The average molecular weight is 457 g/mol. The summed E-state index contributed by atoms with van der Waals surface area (Å²) in [5.74, 6) is -1.22. The molecule has 5 atom stereocenters. The van der Waals surface area contributed by atoms with Gasteiger partial charge in [-0.2, -0.15) is 13.2 Å². The van der Waals surface area contributed by atoms with E-state index < -0.39 is 57.5 Å². The third-order valence-electron chi connectivity index (χ3n) is 6.10. The van der Waals surface area contributed by atoms with Crippen molar-refractivity contribution in [3.05, 3.63) is 70.2 Å². The van der Waals surface area contributed by atoms with Gasteiger partial charge in [-0.05, 0) is 12.1 Å². The van der Waals surface area contributed by atoms with Crippen LogP contribution < -0.4 is 0 Å². The van der Waals surface area contributed by atoms with Crippen LogP contribution in [0, 0.1) is 21.4 Å². The van der Waals surface area contributed by atoms with Crippen LogP contribution in [0.4, 0.5) is 13.2 Å². The van der Waals surface area contributed by atoms with E-state index in [1.807, 2.05) is 0 Å². The number of methoxy groups -OCH3 is 1. The second-order valence-corrected chi connectivity index (χ2v) is 8.64. The molecule has 2 fully saturated rings. The fourth-order valence-electron chi connectivity index (χ4n) is 4.55. The summed E-state index contributed by atoms with van der Waals surface area (Å²) < 4.78 is 57.5. The molecule has 1 aliphatic carbocycles. The Morgan fingerprint density at radius 2 is 2.00 bits per heavy atom. The molecule has 0 bridgehead atoms. The Bertz CT molecular complexity index is 969. The fourth-order valence-corrected chi connectivity index (χ4v) is 6.43. The number of rotatable bonds is 7. The molecule has 0 unspecified atom stereocenters. The van der Waals surface area contributed by atoms with Gasteiger partial charge in [-0.25, -0.2) is 4.79 Å². The van der Waals surface area contributed by atoms with E-state index in [4.69, 9.17) is 13.9 Å². The number of alkyl halides is 3. The molecule has 1 aromatic carbocycles. The molecule has 1 aromatic heterocycles. The number of carbonyl (C=O) groups excluding carboxylic acids is 1. The lowest BCUT2D eigenvalue weighted by atomic mass is 9.92. The minimum Gasteiger partial charge on any atom is -0.468 e. The molecule has 0 N–H and O–H groups in total. The number of hydrogen-bond acceptors (Lipinski definition) is 7. The highest BCUT2D eigenvalue weighted by molar-refractivity contribution is 7.99. The number of nitro groups is 1. The summed E-state index contributed by atoms with van der Waals surface area (Å²) in [4.78, 5) is 24.0. The lowest BCUT2D eigenvalue weighted by Crippen LogP contribution is -2.52. The third-order valence-corrected chi connectivity index (χ3v) is 7.65. The standard InChI is InChI=1S/C20H18F3NO6S/c1-28-19(20(21,22)23,12-6-3-2-4-7-12)17(25)30-11-18-13(15(18)24(26)27)10-31-16(18)14-8-5-9-29-14/h2-9,13,15-16H,10-11H2,1H3/t13-,15-,16-,18-,19-/m0/s1. The third kappa shape index (κ3) is 3.13. The summed E-state index contributed by atoms with van der Waals surface area (Å²) in [6, 6.07) is 8.68. The number of halogens is 3. The molecule has 4 rings (SSSR count). The Morgan fingerprint density at radius 1 is 1.29 bits per heavy atom. The number of esters is 1. The fraction of sp³-hybridized carbons (Fsp3) is 0.450. The quantitative estimate of drug-likeness (QED) is 0.353. The van der Waals surface area contributed by atoms with Crippen LogP contribution >= 0.6 is 11.8 Å². The van der Waals surface area contributed by atoms with Crippen molar-refractivity contribution in [2.24, 2.45) is 11.3 Å². The SMILES string of the molecule is CO[C@](C(=O)OC[C@@]12[C@@H]([N+](=O)[O-])[C@@H]1CS[C@H]2c1ccco1)(c1ccccc1)C(F)(F)F. The van der Waals surface area contributed by atoms with Gasteiger partial charge in [0, 0.05) is 23.3 Å². The molecule has 0 radical (unpaired) electrons. The minimum atomic E-state index is -5.12. The summed E-state index contributed by atoms with van der Waals surface area (Å²) in [7, 11) is 0.775. The molecule has 2 aliphatic rings. The lowest BCUT2D eigenvalue weighted by Gasteiger charge is -2.33. The summed E-state index contributed by atoms with van der Waals surface area (Å²) in [5.41, 5.74) is -4.91. The summed E-state index contributed by atoms with van der Waals surface area (Å²) in [6.07, 6.45) is -3.70. The van der Waals surface area contributed by atoms with E-state index in [9.17, 15) is 28.1 Å². The van der Waals surface area contributed by atoms with Crippen molar-refractivity contribution >= 4 is 17.7 Å². The van der Waals surface area contributed by atoms with Crippen molar-refractivity contribution < 1.29 is 36.8 Å². The molecule has 166 valence electrons. The molecule has 1 saturated carbocycles. The van der Waals surface area contributed by atoms with Gasteiger partial charge in [-0.3, -0.25) is 10.1 Å². The van der Waals surface area contributed by atoms with Crippen molar-refractivity contribution in [3.63, 3.8) is 0 Å². The maximum absolute atomic E-state index is 14.1. The Balaban J connectivity index is 1.65. The Hall–Kier alpha value is -2.53. The summed E-state index contributed by atoms with van der Waals surface area (Å²) >= 11 is 1.40. The smallest absolute Gasteiger partial charge is 0.432 e. The minimum absolute atomic E-state index is 0.419. The first-order chi connectivity index (χ1) is 14.7. The highest BCUT2D eigenvalue weighted by Gasteiger charge is 2.81. The Labute approximate surface area is 179 Å². The first kappa shape index (κ1) is 21.7. The first-order valence-corrected chi connectivity index (χ1v) is 10.4. The van der Waals surface area contributed by atoms with Crippen LogP contribution in [0.2, 0.25) is 0 Å². The van der Waals surface area contributed by atoms with Gasteiger partial charge in [0.2, 0.25) is 6.04 Å². The highest BCUT2D eigenvalue weighted by atomic mass is 32.2. The van der Waals surface area contributed by atoms with Crippen molar-refractivity contribution in [2.45, 2.75) is 23.1 Å². The van der Waals surface area contributed by atoms with Gasteiger partial charge in [0.1, 0.15) is 17.8 Å². The predicted molar refractivity (Wildman–Crippen MR) is 103 cm³/mol. The zero-order valence-corrected chi connectivity index (χ0v) is 17.0. The van der Waals surface area contributed by atoms with E-state index in [-0.39, 0.29) is 0 Å². The largest absolute Gasteiger partial charge is 0.468 e. The van der Waals surface area contributed by atoms with E-state index >= 15 is 0 Å². The molecule has 0 spiro atoms. The number of benzene rings is 1. The number of furan rings is 1. The molecule has 2 heterocycles. The van der Waals surface area contributed by atoms with Gasteiger partial charge < -0.3 is 13.9 Å². The number of ether oxygens (including phenoxy) is 2. The molecule has 1 saturated heterocycles. The van der Waals surface area contributed by atoms with Crippen LogP contribution in [0.15, 0.2) is 53.1 Å². The van der Waals surface area contributed by atoms with Crippen molar-refractivity contribution in [2.75, 3.05) is 19.5 Å². The van der Waals surface area contributed by atoms with Crippen LogP contribution in [0.3, 0.4) is 0 Å². The molecule has 7 nitrogen and oxygen atoms in total. The van der Waals surface area contributed by atoms with Gasteiger partial charge in [-0.1, -0.05) is 30.3 Å². The average Bonchev–Trinajstić information content (AvgIpc) is 3.04. The van der Waals surface area contributed by atoms with Crippen LogP contribution in [0.5, 0.6) is 0 Å². The first-order valence-electron chi connectivity index (χ1n) is 9.33. The lowest BCUT2D eigenvalue weighted by molar-refractivity contribution is -0.505. The second kappa shape index (κ2) is 7.56. The normalized spacial score (nSPS) is 29.1. The number of fused-ring (bicyclic) bond motifs is 1. The summed E-state index contributed by atoms with van der Waals surface area (Å²) in [5, 5.41) is 11.1. The van der Waals surface area contributed by atoms with Crippen LogP contribution in [0.1, 0.15) is 16.6 Å². The maximum Gasteiger partial charge on any atom is 0.432 e. The van der Waals surface area contributed by atoms with Gasteiger partial charge in [0.15, 0.2) is 0 Å². The van der Waals surface area contributed by atoms with Crippen LogP contribution in [-0.4, -0.2) is 42.6 Å². The monoisotopic (exact) mass is 457 g/mol. The molecule has 2 aromatic rings.